The van der Waals surface area contributed by atoms with Crippen LogP contribution in [0.25, 0.3) is 10.8 Å². The molecule has 25 heavy (non-hydrogen) atoms. The fourth-order valence-electron chi connectivity index (χ4n) is 2.65. The lowest BCUT2D eigenvalue weighted by Gasteiger charge is -2.16. The molecule has 1 aromatic carbocycles. The van der Waals surface area contributed by atoms with Crippen LogP contribution in [-0.2, 0) is 11.2 Å². The van der Waals surface area contributed by atoms with Gasteiger partial charge in [-0.05, 0) is 18.2 Å². The monoisotopic (exact) mass is 341 g/mol. The molecule has 2 aromatic heterocycles. The summed E-state index contributed by atoms with van der Waals surface area (Å²) in [5.74, 6) is 1.03. The first-order chi connectivity index (χ1) is 12.1. The minimum Gasteiger partial charge on any atom is -0.464 e. The van der Waals surface area contributed by atoms with Crippen LogP contribution < -0.4 is 10.9 Å². The molecule has 0 aliphatic rings. The molecule has 0 unspecified atom stereocenters. The van der Waals surface area contributed by atoms with E-state index in [1.165, 1.54) is 0 Å². The Morgan fingerprint density at radius 3 is 2.72 bits per heavy atom. The van der Waals surface area contributed by atoms with Gasteiger partial charge in [0.15, 0.2) is 5.69 Å². The van der Waals surface area contributed by atoms with Gasteiger partial charge in [0.05, 0.1) is 12.0 Å². The highest BCUT2D eigenvalue weighted by Gasteiger charge is 2.21. The van der Waals surface area contributed by atoms with Crippen molar-refractivity contribution in [2.45, 2.75) is 19.4 Å². The van der Waals surface area contributed by atoms with Crippen LogP contribution in [0.1, 0.15) is 35.0 Å². The summed E-state index contributed by atoms with van der Waals surface area (Å²) in [4.78, 5) is 24.6. The highest BCUT2D eigenvalue weighted by molar-refractivity contribution is 6.04. The minimum absolute atomic E-state index is 0.151. The van der Waals surface area contributed by atoms with Crippen LogP contribution in [0.5, 0.6) is 0 Å². The number of rotatable bonds is 6. The normalized spacial score (nSPS) is 12.2. The number of nitrogens with one attached hydrogen (secondary N) is 2. The van der Waals surface area contributed by atoms with Crippen LogP contribution in [0.15, 0.2) is 45.6 Å². The van der Waals surface area contributed by atoms with Crippen LogP contribution in [0, 0.1) is 0 Å². The van der Waals surface area contributed by atoms with Gasteiger partial charge in [0.2, 0.25) is 0 Å². The maximum atomic E-state index is 12.7. The summed E-state index contributed by atoms with van der Waals surface area (Å²) in [6.45, 7) is 2.24. The molecule has 0 fully saturated rings. The number of methoxy groups -OCH3 is 1. The lowest BCUT2D eigenvalue weighted by atomic mass is 10.1. The number of fused-ring (bicyclic) bond motifs is 1. The van der Waals surface area contributed by atoms with Crippen molar-refractivity contribution < 1.29 is 13.9 Å². The number of carbonyl (C=O) groups excluding carboxylic acids is 1. The zero-order valence-electron chi connectivity index (χ0n) is 14.0. The second-order valence-corrected chi connectivity index (χ2v) is 5.59. The van der Waals surface area contributed by atoms with Crippen molar-refractivity contribution in [2.24, 2.45) is 0 Å². The molecule has 0 saturated heterocycles. The average molecular weight is 341 g/mol. The minimum atomic E-state index is -0.453. The number of aromatic amines is 1. The number of aryl methyl sites for hydroxylation is 1. The summed E-state index contributed by atoms with van der Waals surface area (Å²) >= 11 is 0. The van der Waals surface area contributed by atoms with Gasteiger partial charge >= 0.3 is 0 Å². The van der Waals surface area contributed by atoms with Crippen LogP contribution in [-0.4, -0.2) is 29.8 Å². The molecular weight excluding hydrogens is 322 g/mol. The van der Waals surface area contributed by atoms with Gasteiger partial charge in [-0.15, -0.1) is 0 Å². The molecule has 0 aliphatic carbocycles. The first-order valence-corrected chi connectivity index (χ1v) is 7.99. The van der Waals surface area contributed by atoms with Crippen molar-refractivity contribution in [3.8, 4) is 0 Å². The van der Waals surface area contributed by atoms with Gasteiger partial charge in [-0.25, -0.2) is 5.10 Å². The topological polar surface area (TPSA) is 97.2 Å². The van der Waals surface area contributed by atoms with E-state index in [0.29, 0.717) is 16.5 Å². The third-order valence-electron chi connectivity index (χ3n) is 3.92. The zero-order valence-corrected chi connectivity index (χ0v) is 14.0. The van der Waals surface area contributed by atoms with E-state index in [-0.39, 0.29) is 17.9 Å². The molecule has 0 spiro atoms. The standard InChI is InChI=1S/C18H19N3O4/c1-3-11-8-9-15(25-11)14(10-24-2)19-18(23)16-12-6-4-5-7-13(12)17(22)21-20-16/h4-9,14H,3,10H2,1-2H3,(H,19,23)(H,21,22)/t14-/m0/s1. The van der Waals surface area contributed by atoms with E-state index < -0.39 is 11.9 Å². The van der Waals surface area contributed by atoms with Crippen molar-refractivity contribution in [1.29, 1.82) is 0 Å². The van der Waals surface area contributed by atoms with Crippen molar-refractivity contribution in [2.75, 3.05) is 13.7 Å². The maximum Gasteiger partial charge on any atom is 0.273 e. The Kier molecular flexibility index (Phi) is 4.95. The van der Waals surface area contributed by atoms with E-state index in [4.69, 9.17) is 9.15 Å². The Morgan fingerprint density at radius 2 is 2.04 bits per heavy atom. The van der Waals surface area contributed by atoms with E-state index in [9.17, 15) is 9.59 Å². The Labute approximate surface area is 144 Å². The number of nitrogens with zero attached hydrogens (tertiary/aromatic N) is 1. The quantitative estimate of drug-likeness (QED) is 0.716. The largest absolute Gasteiger partial charge is 0.464 e. The first-order valence-electron chi connectivity index (χ1n) is 7.99. The number of H-pyrrole nitrogens is 1. The van der Waals surface area contributed by atoms with E-state index in [1.54, 1.807) is 31.4 Å². The molecule has 3 rings (SSSR count). The molecule has 130 valence electrons. The molecule has 0 aliphatic heterocycles. The van der Waals surface area contributed by atoms with Crippen LogP contribution >= 0.6 is 0 Å². The summed E-state index contributed by atoms with van der Waals surface area (Å²) in [5.41, 5.74) is -0.183. The molecular formula is C18H19N3O4. The van der Waals surface area contributed by atoms with Gasteiger partial charge in [-0.3, -0.25) is 9.59 Å². The molecule has 3 aromatic rings. The van der Waals surface area contributed by atoms with Crippen LogP contribution in [0.3, 0.4) is 0 Å². The lowest BCUT2D eigenvalue weighted by Crippen LogP contribution is -2.32. The number of furan rings is 1. The summed E-state index contributed by atoms with van der Waals surface area (Å²) in [6, 6.07) is 10.1. The third kappa shape index (κ3) is 3.46. The Morgan fingerprint density at radius 1 is 1.28 bits per heavy atom. The number of aromatic nitrogens is 2. The van der Waals surface area contributed by atoms with Crippen LogP contribution in [0.2, 0.25) is 0 Å². The van der Waals surface area contributed by atoms with Gasteiger partial charge in [-0.1, -0.05) is 25.1 Å². The number of carbonyl (C=O) groups is 1. The fraction of sp³-hybridized carbons (Fsp3) is 0.278. The van der Waals surface area contributed by atoms with Gasteiger partial charge in [0, 0.05) is 18.9 Å². The predicted octanol–water partition coefficient (Wildman–Crippen LogP) is 2.20. The molecule has 0 radical (unpaired) electrons. The second-order valence-electron chi connectivity index (χ2n) is 5.59. The van der Waals surface area contributed by atoms with Crippen molar-refractivity contribution >= 4 is 16.7 Å². The Balaban J connectivity index is 1.92. The third-order valence-corrected chi connectivity index (χ3v) is 3.92. The molecule has 7 heteroatoms. The van der Waals surface area contributed by atoms with Gasteiger partial charge in [-0.2, -0.15) is 5.10 Å². The van der Waals surface area contributed by atoms with Crippen molar-refractivity contribution in [3.63, 3.8) is 0 Å². The van der Waals surface area contributed by atoms with Crippen molar-refractivity contribution in [3.05, 3.63) is 64.0 Å². The molecule has 1 atom stereocenters. The fourth-order valence-corrected chi connectivity index (χ4v) is 2.65. The molecule has 2 heterocycles. The summed E-state index contributed by atoms with van der Waals surface area (Å²) < 4.78 is 10.9. The number of hydrogen-bond donors (Lipinski definition) is 2. The molecule has 0 saturated carbocycles. The van der Waals surface area contributed by atoms with Gasteiger partial charge < -0.3 is 14.5 Å². The average Bonchev–Trinajstić information content (AvgIpc) is 3.11. The summed E-state index contributed by atoms with van der Waals surface area (Å²) in [5, 5.41) is 10.0. The van der Waals surface area contributed by atoms with E-state index in [0.717, 1.165) is 12.2 Å². The zero-order chi connectivity index (χ0) is 17.8. The smallest absolute Gasteiger partial charge is 0.273 e. The van der Waals surface area contributed by atoms with Gasteiger partial charge in [0.1, 0.15) is 17.6 Å². The maximum absolute atomic E-state index is 12.7. The van der Waals surface area contributed by atoms with Crippen LogP contribution in [0.4, 0.5) is 0 Å². The summed E-state index contributed by atoms with van der Waals surface area (Å²) in [6.07, 6.45) is 0.764. The molecule has 7 nitrogen and oxygen atoms in total. The highest BCUT2D eigenvalue weighted by atomic mass is 16.5. The SMILES string of the molecule is CCc1ccc([C@H](COC)NC(=O)c2n[nH]c(=O)c3ccccc23)o1. The highest BCUT2D eigenvalue weighted by Crippen LogP contribution is 2.19. The lowest BCUT2D eigenvalue weighted by molar-refractivity contribution is 0.0878. The molecule has 2 N–H and O–H groups in total. The number of hydrogen-bond acceptors (Lipinski definition) is 5. The van der Waals surface area contributed by atoms with E-state index in [1.807, 2.05) is 19.1 Å². The second kappa shape index (κ2) is 7.31. The number of ether oxygens (including phenoxy) is 1. The summed E-state index contributed by atoms with van der Waals surface area (Å²) in [7, 11) is 1.55. The first kappa shape index (κ1) is 16.9. The Bertz CT molecular complexity index is 945. The predicted molar refractivity (Wildman–Crippen MR) is 92.5 cm³/mol. The van der Waals surface area contributed by atoms with E-state index >= 15 is 0 Å². The van der Waals surface area contributed by atoms with Gasteiger partial charge in [0.25, 0.3) is 11.5 Å². The number of benzene rings is 1. The van der Waals surface area contributed by atoms with E-state index in [2.05, 4.69) is 15.5 Å². The molecule has 0 bridgehead atoms. The Hall–Kier alpha value is -2.93. The number of amides is 1. The van der Waals surface area contributed by atoms with Crippen molar-refractivity contribution in [1.82, 2.24) is 15.5 Å². The molecule has 1 amide bonds.